The summed E-state index contributed by atoms with van der Waals surface area (Å²) >= 11 is 0. The molecule has 0 fully saturated rings. The highest BCUT2D eigenvalue weighted by molar-refractivity contribution is 5.69. The molecule has 1 atom stereocenters. The van der Waals surface area contributed by atoms with Crippen molar-refractivity contribution in [3.05, 3.63) is 11.6 Å². The summed E-state index contributed by atoms with van der Waals surface area (Å²) in [5.74, 6) is -0.941. The van der Waals surface area contributed by atoms with Crippen LogP contribution >= 0.6 is 0 Å². The molecule has 0 aromatic rings. The van der Waals surface area contributed by atoms with Crippen molar-refractivity contribution in [2.24, 2.45) is 5.92 Å². The average Bonchev–Trinajstić information content (AvgIpc) is 2.18. The highest BCUT2D eigenvalue weighted by atomic mass is 16.4. The van der Waals surface area contributed by atoms with Gasteiger partial charge in [-0.2, -0.15) is 0 Å². The SMILES string of the molecule is CC(CC1=CCN(C(C)C)CC1)C(=O)O. The zero-order valence-electron chi connectivity index (χ0n) is 9.86. The van der Waals surface area contributed by atoms with E-state index in [1.807, 2.05) is 0 Å². The zero-order valence-corrected chi connectivity index (χ0v) is 9.86. The Kier molecular flexibility index (Phi) is 4.33. The van der Waals surface area contributed by atoms with Crippen molar-refractivity contribution in [1.82, 2.24) is 4.90 Å². The number of aliphatic carboxylic acids is 1. The van der Waals surface area contributed by atoms with E-state index < -0.39 is 5.97 Å². The maximum absolute atomic E-state index is 10.7. The summed E-state index contributed by atoms with van der Waals surface area (Å²) in [4.78, 5) is 13.1. The fourth-order valence-electron chi connectivity index (χ4n) is 1.86. The first-order valence-corrected chi connectivity index (χ1v) is 5.65. The van der Waals surface area contributed by atoms with Crippen LogP contribution in [0.15, 0.2) is 11.6 Å². The lowest BCUT2D eigenvalue weighted by Crippen LogP contribution is -2.35. The van der Waals surface area contributed by atoms with E-state index in [1.54, 1.807) is 6.92 Å². The summed E-state index contributed by atoms with van der Waals surface area (Å²) in [6.07, 6.45) is 3.93. The van der Waals surface area contributed by atoms with Crippen molar-refractivity contribution in [3.63, 3.8) is 0 Å². The third-order valence-electron chi connectivity index (χ3n) is 3.05. The molecule has 1 N–H and O–H groups in total. The molecule has 3 nitrogen and oxygen atoms in total. The number of carboxylic acids is 1. The Morgan fingerprint density at radius 2 is 2.20 bits per heavy atom. The Hall–Kier alpha value is -0.830. The van der Waals surface area contributed by atoms with Crippen molar-refractivity contribution >= 4 is 5.97 Å². The quantitative estimate of drug-likeness (QED) is 0.724. The fourth-order valence-corrected chi connectivity index (χ4v) is 1.86. The number of rotatable bonds is 4. The highest BCUT2D eigenvalue weighted by Crippen LogP contribution is 2.20. The molecule has 0 saturated heterocycles. The average molecular weight is 211 g/mol. The minimum Gasteiger partial charge on any atom is -0.481 e. The molecule has 0 aliphatic carbocycles. The largest absolute Gasteiger partial charge is 0.481 e. The molecular formula is C12H21NO2. The van der Waals surface area contributed by atoms with E-state index in [0.717, 1.165) is 19.5 Å². The second-order valence-electron chi connectivity index (χ2n) is 4.64. The molecule has 3 heteroatoms. The van der Waals surface area contributed by atoms with Crippen LogP contribution < -0.4 is 0 Å². The first kappa shape index (κ1) is 12.2. The molecule has 15 heavy (non-hydrogen) atoms. The summed E-state index contributed by atoms with van der Waals surface area (Å²) in [6, 6.07) is 0.583. The summed E-state index contributed by atoms with van der Waals surface area (Å²) < 4.78 is 0. The van der Waals surface area contributed by atoms with Crippen molar-refractivity contribution in [2.75, 3.05) is 13.1 Å². The monoisotopic (exact) mass is 211 g/mol. The maximum Gasteiger partial charge on any atom is 0.306 e. The van der Waals surface area contributed by atoms with Gasteiger partial charge in [0.2, 0.25) is 0 Å². The Morgan fingerprint density at radius 3 is 2.60 bits per heavy atom. The van der Waals surface area contributed by atoms with Gasteiger partial charge < -0.3 is 5.11 Å². The van der Waals surface area contributed by atoms with Crippen LogP contribution in [0.4, 0.5) is 0 Å². The molecule has 1 unspecified atom stereocenters. The molecule has 86 valence electrons. The normalized spacial score (nSPS) is 20.1. The zero-order chi connectivity index (χ0) is 11.4. The molecule has 1 rings (SSSR count). The lowest BCUT2D eigenvalue weighted by molar-refractivity contribution is -0.141. The minimum absolute atomic E-state index is 0.248. The van der Waals surface area contributed by atoms with E-state index in [1.165, 1.54) is 5.57 Å². The molecule has 0 saturated carbocycles. The van der Waals surface area contributed by atoms with Gasteiger partial charge in [-0.25, -0.2) is 0 Å². The predicted molar refractivity (Wildman–Crippen MR) is 60.8 cm³/mol. The van der Waals surface area contributed by atoms with Gasteiger partial charge in [0.1, 0.15) is 0 Å². The lowest BCUT2D eigenvalue weighted by atomic mass is 9.96. The van der Waals surface area contributed by atoms with Crippen molar-refractivity contribution < 1.29 is 9.90 Å². The van der Waals surface area contributed by atoms with E-state index in [0.29, 0.717) is 12.5 Å². The van der Waals surface area contributed by atoms with Gasteiger partial charge in [-0.15, -0.1) is 0 Å². The first-order chi connectivity index (χ1) is 7.00. The van der Waals surface area contributed by atoms with Crippen molar-refractivity contribution in [1.29, 1.82) is 0 Å². The van der Waals surface area contributed by atoms with Gasteiger partial charge >= 0.3 is 5.97 Å². The van der Waals surface area contributed by atoms with E-state index in [2.05, 4.69) is 24.8 Å². The van der Waals surface area contributed by atoms with Crippen LogP contribution in [-0.2, 0) is 4.79 Å². The molecule has 0 aromatic heterocycles. The Morgan fingerprint density at radius 1 is 1.53 bits per heavy atom. The molecule has 1 heterocycles. The number of carbonyl (C=O) groups is 1. The van der Waals surface area contributed by atoms with Gasteiger partial charge in [0, 0.05) is 19.1 Å². The summed E-state index contributed by atoms with van der Waals surface area (Å²) in [6.45, 7) is 8.20. The van der Waals surface area contributed by atoms with Gasteiger partial charge in [0.15, 0.2) is 0 Å². The van der Waals surface area contributed by atoms with Crippen LogP contribution in [0.2, 0.25) is 0 Å². The van der Waals surface area contributed by atoms with E-state index in [-0.39, 0.29) is 5.92 Å². The highest BCUT2D eigenvalue weighted by Gasteiger charge is 2.18. The van der Waals surface area contributed by atoms with E-state index >= 15 is 0 Å². The van der Waals surface area contributed by atoms with Crippen LogP contribution in [0.25, 0.3) is 0 Å². The smallest absolute Gasteiger partial charge is 0.306 e. The third-order valence-corrected chi connectivity index (χ3v) is 3.05. The van der Waals surface area contributed by atoms with E-state index in [9.17, 15) is 4.79 Å². The van der Waals surface area contributed by atoms with Crippen molar-refractivity contribution in [3.8, 4) is 0 Å². The molecule has 1 aliphatic heterocycles. The van der Waals surface area contributed by atoms with Crippen LogP contribution in [-0.4, -0.2) is 35.1 Å². The maximum atomic E-state index is 10.7. The predicted octanol–water partition coefficient (Wildman–Crippen LogP) is 2.14. The Bertz CT molecular complexity index is 258. The number of hydrogen-bond donors (Lipinski definition) is 1. The molecule has 0 amide bonds. The molecule has 0 bridgehead atoms. The van der Waals surface area contributed by atoms with Crippen LogP contribution in [0, 0.1) is 5.92 Å². The molecular weight excluding hydrogens is 190 g/mol. The van der Waals surface area contributed by atoms with Crippen LogP contribution in [0.5, 0.6) is 0 Å². The fraction of sp³-hybridized carbons (Fsp3) is 0.750. The topological polar surface area (TPSA) is 40.5 Å². The second kappa shape index (κ2) is 5.31. The van der Waals surface area contributed by atoms with Crippen LogP contribution in [0.3, 0.4) is 0 Å². The lowest BCUT2D eigenvalue weighted by Gasteiger charge is -2.30. The number of nitrogens with zero attached hydrogens (tertiary/aromatic N) is 1. The second-order valence-corrected chi connectivity index (χ2v) is 4.64. The standard InChI is InChI=1S/C12H21NO2/c1-9(2)13-6-4-11(5-7-13)8-10(3)12(14)15/h4,9-10H,5-8H2,1-3H3,(H,14,15). The van der Waals surface area contributed by atoms with Gasteiger partial charge in [-0.1, -0.05) is 18.6 Å². The third kappa shape index (κ3) is 3.67. The summed E-state index contributed by atoms with van der Waals surface area (Å²) in [5, 5.41) is 8.82. The minimum atomic E-state index is -0.692. The summed E-state index contributed by atoms with van der Waals surface area (Å²) in [5.41, 5.74) is 1.31. The molecule has 0 spiro atoms. The Balaban J connectivity index is 2.43. The number of hydrogen-bond acceptors (Lipinski definition) is 2. The van der Waals surface area contributed by atoms with Crippen LogP contribution in [0.1, 0.15) is 33.6 Å². The van der Waals surface area contributed by atoms with Gasteiger partial charge in [0.05, 0.1) is 5.92 Å². The first-order valence-electron chi connectivity index (χ1n) is 5.65. The molecule has 0 radical (unpaired) electrons. The van der Waals surface area contributed by atoms with Gasteiger partial charge in [0.25, 0.3) is 0 Å². The Labute approximate surface area is 91.8 Å². The van der Waals surface area contributed by atoms with Gasteiger partial charge in [-0.3, -0.25) is 9.69 Å². The summed E-state index contributed by atoms with van der Waals surface area (Å²) in [7, 11) is 0. The molecule has 1 aliphatic rings. The van der Waals surface area contributed by atoms with Crippen molar-refractivity contribution in [2.45, 2.75) is 39.7 Å². The number of carboxylic acid groups (broad SMARTS) is 1. The van der Waals surface area contributed by atoms with E-state index in [4.69, 9.17) is 5.11 Å². The van der Waals surface area contributed by atoms with Gasteiger partial charge in [-0.05, 0) is 26.7 Å². The molecule has 0 aromatic carbocycles.